The van der Waals surface area contributed by atoms with Crippen LogP contribution in [0.5, 0.6) is 0 Å². The van der Waals surface area contributed by atoms with Gasteiger partial charge in [-0.05, 0) is 12.8 Å². The van der Waals surface area contributed by atoms with Gasteiger partial charge in [-0.2, -0.15) is 0 Å². The Morgan fingerprint density at radius 2 is 0.917 bits per heavy atom. The summed E-state index contributed by atoms with van der Waals surface area (Å²) in [5.41, 5.74) is -1.18. The van der Waals surface area contributed by atoms with Gasteiger partial charge in [-0.3, -0.25) is 19.2 Å². The minimum atomic E-state index is -0.591. The van der Waals surface area contributed by atoms with Crippen molar-refractivity contribution in [3.63, 3.8) is 0 Å². The van der Waals surface area contributed by atoms with E-state index in [2.05, 4.69) is 10.6 Å². The second-order valence-electron chi connectivity index (χ2n) is 7.50. The normalized spacial score (nSPS) is 11.8. The van der Waals surface area contributed by atoms with E-state index in [1.165, 1.54) is 0 Å². The van der Waals surface area contributed by atoms with Gasteiger partial charge in [0.15, 0.2) is 0 Å². The van der Waals surface area contributed by atoms with Crippen LogP contribution in [-0.4, -0.2) is 37.5 Å². The van der Waals surface area contributed by atoms with Gasteiger partial charge < -0.3 is 10.6 Å². The summed E-state index contributed by atoms with van der Waals surface area (Å²) in [4.78, 5) is 47.1. The van der Waals surface area contributed by atoms with Gasteiger partial charge in [-0.15, -0.1) is 0 Å². The molecule has 0 aromatic carbocycles. The molecule has 138 valence electrons. The van der Waals surface area contributed by atoms with E-state index in [1.54, 1.807) is 41.8 Å². The number of amides is 2. The third-order valence-corrected chi connectivity index (χ3v) is 4.42. The molecule has 0 bridgehead atoms. The highest BCUT2D eigenvalue weighted by Crippen LogP contribution is 2.24. The Hall–Kier alpha value is -1.72. The quantitative estimate of drug-likeness (QED) is 0.602. The number of Topliss-reactive ketones (excluding diaryl/α,β-unsaturated/α-hetero) is 2. The van der Waals surface area contributed by atoms with Gasteiger partial charge >= 0.3 is 0 Å². The lowest BCUT2D eigenvalue weighted by molar-refractivity contribution is -0.131. The number of rotatable bonds is 11. The average Bonchev–Trinajstić information content (AvgIpc) is 2.54. The van der Waals surface area contributed by atoms with Gasteiger partial charge in [0.2, 0.25) is 11.8 Å². The molecule has 0 radical (unpaired) electrons. The molecular weight excluding hydrogens is 308 g/mol. The Labute approximate surface area is 145 Å². The molecule has 0 rings (SSSR count). The summed E-state index contributed by atoms with van der Waals surface area (Å²) in [5.74, 6) is -0.206. The van der Waals surface area contributed by atoms with Crippen LogP contribution in [0.15, 0.2) is 0 Å². The topological polar surface area (TPSA) is 92.3 Å². The molecule has 0 fully saturated rings. The Morgan fingerprint density at radius 3 is 1.17 bits per heavy atom. The highest BCUT2D eigenvalue weighted by molar-refractivity contribution is 5.87. The highest BCUT2D eigenvalue weighted by atomic mass is 16.2. The fraction of sp³-hybridized carbons (Fsp3) is 0.778. The molecule has 2 amide bonds. The fourth-order valence-electron chi connectivity index (χ4n) is 2.34. The minimum absolute atomic E-state index is 0.00844. The lowest BCUT2D eigenvalue weighted by Gasteiger charge is -2.22. The third kappa shape index (κ3) is 7.70. The van der Waals surface area contributed by atoms with Crippen LogP contribution in [0, 0.1) is 10.8 Å². The van der Waals surface area contributed by atoms with E-state index in [9.17, 15) is 19.2 Å². The van der Waals surface area contributed by atoms with Crippen molar-refractivity contribution in [2.75, 3.05) is 14.1 Å². The molecule has 0 saturated heterocycles. The van der Waals surface area contributed by atoms with E-state index in [1.807, 2.05) is 0 Å². The number of hydrogen-bond donors (Lipinski definition) is 2. The van der Waals surface area contributed by atoms with Crippen molar-refractivity contribution in [3.8, 4) is 0 Å². The van der Waals surface area contributed by atoms with Crippen molar-refractivity contribution in [2.45, 2.75) is 66.2 Å². The zero-order valence-corrected chi connectivity index (χ0v) is 15.9. The van der Waals surface area contributed by atoms with Crippen LogP contribution in [0.1, 0.15) is 66.2 Å². The zero-order valence-electron chi connectivity index (χ0n) is 15.9. The maximum absolute atomic E-state index is 11.9. The minimum Gasteiger partial charge on any atom is -0.359 e. The van der Waals surface area contributed by atoms with Crippen LogP contribution in [0.25, 0.3) is 0 Å². The van der Waals surface area contributed by atoms with Crippen LogP contribution < -0.4 is 10.6 Å². The Morgan fingerprint density at radius 1 is 0.625 bits per heavy atom. The van der Waals surface area contributed by atoms with Gasteiger partial charge in [0, 0.05) is 50.6 Å². The lowest BCUT2D eigenvalue weighted by Crippen LogP contribution is -2.35. The predicted octanol–water partition coefficient (Wildman–Crippen LogP) is 2.01. The molecule has 0 spiro atoms. The maximum atomic E-state index is 11.9. The van der Waals surface area contributed by atoms with E-state index >= 15 is 0 Å². The average molecular weight is 340 g/mol. The summed E-state index contributed by atoms with van der Waals surface area (Å²) in [6, 6.07) is 0. The van der Waals surface area contributed by atoms with E-state index < -0.39 is 10.8 Å². The second-order valence-corrected chi connectivity index (χ2v) is 7.50. The first-order chi connectivity index (χ1) is 11.0. The van der Waals surface area contributed by atoms with E-state index in [0.29, 0.717) is 12.8 Å². The van der Waals surface area contributed by atoms with Gasteiger partial charge in [0.05, 0.1) is 0 Å². The summed E-state index contributed by atoms with van der Waals surface area (Å²) < 4.78 is 0. The fourth-order valence-corrected chi connectivity index (χ4v) is 2.34. The molecule has 6 nitrogen and oxygen atoms in total. The van der Waals surface area contributed by atoms with Gasteiger partial charge in [0.25, 0.3) is 0 Å². The Kier molecular flexibility index (Phi) is 8.86. The van der Waals surface area contributed by atoms with Crippen molar-refractivity contribution in [2.24, 2.45) is 10.8 Å². The molecule has 0 heterocycles. The SMILES string of the molecule is CNC(=O)C(C)(C)CCC(=O)CCC(=O)CCC(C)(C)C(=O)NC. The number of ketones is 2. The molecule has 0 unspecified atom stereocenters. The second kappa shape index (κ2) is 9.55. The Bertz CT molecular complexity index is 437. The van der Waals surface area contributed by atoms with Gasteiger partial charge in [-0.25, -0.2) is 0 Å². The van der Waals surface area contributed by atoms with Crippen molar-refractivity contribution in [3.05, 3.63) is 0 Å². The smallest absolute Gasteiger partial charge is 0.225 e. The number of carbonyl (C=O) groups excluding carboxylic acids is 4. The van der Waals surface area contributed by atoms with Crippen LogP contribution >= 0.6 is 0 Å². The van der Waals surface area contributed by atoms with Crippen molar-refractivity contribution >= 4 is 23.4 Å². The number of carbonyl (C=O) groups is 4. The first-order valence-corrected chi connectivity index (χ1v) is 8.44. The first-order valence-electron chi connectivity index (χ1n) is 8.44. The van der Waals surface area contributed by atoms with Crippen molar-refractivity contribution < 1.29 is 19.2 Å². The predicted molar refractivity (Wildman–Crippen MR) is 93.4 cm³/mol. The standard InChI is InChI=1S/C18H32N2O4/c1-17(2,15(23)19-5)11-9-13(21)7-8-14(22)10-12-18(3,4)16(24)20-6/h7-12H2,1-6H3,(H,19,23)(H,20,24). The summed E-state index contributed by atoms with van der Waals surface area (Å²) >= 11 is 0. The van der Waals surface area contributed by atoms with Gasteiger partial charge in [-0.1, -0.05) is 27.7 Å². The maximum Gasteiger partial charge on any atom is 0.225 e. The summed E-state index contributed by atoms with van der Waals surface area (Å²) in [6.45, 7) is 7.19. The van der Waals surface area contributed by atoms with Crippen LogP contribution in [0.4, 0.5) is 0 Å². The molecule has 0 aromatic heterocycles. The zero-order chi connectivity index (χ0) is 19.0. The number of nitrogens with one attached hydrogen (secondary N) is 2. The molecule has 2 N–H and O–H groups in total. The van der Waals surface area contributed by atoms with Crippen LogP contribution in [-0.2, 0) is 19.2 Å². The molecule has 0 saturated carbocycles. The first kappa shape index (κ1) is 22.3. The molecule has 0 aromatic rings. The van der Waals surface area contributed by atoms with Crippen LogP contribution in [0.2, 0.25) is 0 Å². The molecule has 0 aliphatic rings. The van der Waals surface area contributed by atoms with E-state index in [4.69, 9.17) is 0 Å². The summed E-state index contributed by atoms with van der Waals surface area (Å²) in [6.07, 6.45) is 1.90. The van der Waals surface area contributed by atoms with Crippen molar-refractivity contribution in [1.29, 1.82) is 0 Å². The molecule has 0 aliphatic heterocycles. The largest absolute Gasteiger partial charge is 0.359 e. The molecule has 0 atom stereocenters. The molecule has 24 heavy (non-hydrogen) atoms. The lowest BCUT2D eigenvalue weighted by atomic mass is 9.84. The highest BCUT2D eigenvalue weighted by Gasteiger charge is 2.28. The Balaban J connectivity index is 4.17. The molecular formula is C18H32N2O4. The van der Waals surface area contributed by atoms with Crippen LogP contribution in [0.3, 0.4) is 0 Å². The van der Waals surface area contributed by atoms with E-state index in [0.717, 1.165) is 0 Å². The summed E-state index contributed by atoms with van der Waals surface area (Å²) in [7, 11) is 3.15. The monoisotopic (exact) mass is 340 g/mol. The van der Waals surface area contributed by atoms with E-state index in [-0.39, 0.29) is 49.1 Å². The third-order valence-electron chi connectivity index (χ3n) is 4.42. The summed E-state index contributed by atoms with van der Waals surface area (Å²) in [5, 5.41) is 5.17. The number of hydrogen-bond acceptors (Lipinski definition) is 4. The van der Waals surface area contributed by atoms with Crippen molar-refractivity contribution in [1.82, 2.24) is 10.6 Å². The van der Waals surface area contributed by atoms with Gasteiger partial charge in [0.1, 0.15) is 11.6 Å². The molecule has 0 aliphatic carbocycles. The molecule has 6 heteroatoms.